The van der Waals surface area contributed by atoms with Crippen molar-refractivity contribution >= 4 is 34.6 Å². The molecule has 1 spiro atoms. The molecule has 0 bridgehead atoms. The van der Waals surface area contributed by atoms with Crippen molar-refractivity contribution in [3.63, 3.8) is 0 Å². The third-order valence-corrected chi connectivity index (χ3v) is 11.2. The van der Waals surface area contributed by atoms with Gasteiger partial charge >= 0.3 is 5.69 Å². The van der Waals surface area contributed by atoms with Crippen molar-refractivity contribution < 1.29 is 14.4 Å². The number of aromatic amines is 1. The van der Waals surface area contributed by atoms with Crippen LogP contribution in [0.25, 0.3) is 33.5 Å². The maximum absolute atomic E-state index is 13.3. The number of rotatable bonds is 7. The third-order valence-electron chi connectivity index (χ3n) is 11.2. The monoisotopic (exact) mass is 685 g/mol. The van der Waals surface area contributed by atoms with E-state index >= 15 is 0 Å². The van der Waals surface area contributed by atoms with Crippen molar-refractivity contribution in [3.8, 4) is 22.5 Å². The fourth-order valence-corrected chi connectivity index (χ4v) is 8.13. The molecular weight excluding hydrogens is 646 g/mol. The number of aromatic nitrogens is 5. The van der Waals surface area contributed by atoms with Crippen molar-refractivity contribution in [2.75, 3.05) is 44.2 Å². The molecule has 1 aromatic carbocycles. The largest absolute Gasteiger partial charge is 0.357 e. The summed E-state index contributed by atoms with van der Waals surface area (Å²) in [5, 5.41) is 5.43. The Balaban J connectivity index is 0.844. The van der Waals surface area contributed by atoms with Crippen LogP contribution in [-0.2, 0) is 28.5 Å². The molecule has 1 unspecified atom stereocenters. The molecular formula is C38H39N9O4. The van der Waals surface area contributed by atoms with E-state index < -0.39 is 11.9 Å². The minimum atomic E-state index is -0.693. The first-order valence-electron chi connectivity index (χ1n) is 17.7. The predicted octanol–water partition coefficient (Wildman–Crippen LogP) is 2.91. The van der Waals surface area contributed by atoms with Crippen LogP contribution in [-0.4, -0.2) is 86.0 Å². The molecule has 51 heavy (non-hydrogen) atoms. The summed E-state index contributed by atoms with van der Waals surface area (Å²) < 4.78 is 3.17. The summed E-state index contributed by atoms with van der Waals surface area (Å²) in [4.78, 5) is 67.9. The van der Waals surface area contributed by atoms with Crippen LogP contribution in [0.1, 0.15) is 53.3 Å². The van der Waals surface area contributed by atoms with E-state index in [2.05, 4.69) is 48.6 Å². The van der Waals surface area contributed by atoms with Crippen molar-refractivity contribution in [1.29, 1.82) is 0 Å². The number of anilines is 1. The Hall–Kier alpha value is -5.56. The number of piperidine rings is 1. The molecule has 4 aromatic heterocycles. The zero-order valence-corrected chi connectivity index (χ0v) is 28.4. The van der Waals surface area contributed by atoms with E-state index in [1.54, 1.807) is 22.4 Å². The lowest BCUT2D eigenvalue weighted by molar-refractivity contribution is -0.135. The standard InChI is InChI=1S/C38H39N9O4/c1-44-33-23(3-2-4-29(33)47(37(44)51)30-6-8-32(48)43-36(30)50)10-14-45-15-17-46(18-16-45)31-7-5-25(21-40-31)27-19-24(9-13-39-27)28-20-26-34(42-28)38(11-12-38)22-41-35(26)49/h2-5,7,9,13,19-21,30,42H,6,8,10-12,14-18,22H2,1H3,(H,41,49)(H,43,48,50). The third kappa shape index (κ3) is 5.43. The van der Waals surface area contributed by atoms with E-state index in [1.165, 1.54) is 0 Å². The first-order valence-corrected chi connectivity index (χ1v) is 17.7. The summed E-state index contributed by atoms with van der Waals surface area (Å²) in [7, 11) is 1.75. The van der Waals surface area contributed by atoms with Gasteiger partial charge in [-0.3, -0.25) is 38.7 Å². The van der Waals surface area contributed by atoms with Gasteiger partial charge < -0.3 is 15.2 Å². The van der Waals surface area contributed by atoms with Gasteiger partial charge in [0, 0.05) is 93.1 Å². The average Bonchev–Trinajstić information content (AvgIpc) is 3.70. The lowest BCUT2D eigenvalue weighted by Crippen LogP contribution is -2.47. The lowest BCUT2D eigenvalue weighted by Gasteiger charge is -2.35. The number of fused-ring (bicyclic) bond motifs is 3. The number of para-hydroxylation sites is 1. The van der Waals surface area contributed by atoms with E-state index in [0.29, 0.717) is 13.0 Å². The number of nitrogens with one attached hydrogen (secondary N) is 3. The fourth-order valence-electron chi connectivity index (χ4n) is 8.13. The Bertz CT molecular complexity index is 2270. The first-order chi connectivity index (χ1) is 24.8. The normalized spacial score (nSPS) is 20.1. The van der Waals surface area contributed by atoms with Gasteiger partial charge in [0.05, 0.1) is 22.3 Å². The number of hydrogen-bond acceptors (Lipinski definition) is 8. The average molecular weight is 686 g/mol. The number of pyridine rings is 2. The molecule has 13 nitrogen and oxygen atoms in total. The molecule has 2 saturated heterocycles. The number of imide groups is 1. The summed E-state index contributed by atoms with van der Waals surface area (Å²) in [6.45, 7) is 5.02. The van der Waals surface area contributed by atoms with Gasteiger partial charge in [-0.1, -0.05) is 12.1 Å². The van der Waals surface area contributed by atoms with Gasteiger partial charge in [0.25, 0.3) is 5.91 Å². The Morgan fingerprint density at radius 1 is 0.941 bits per heavy atom. The first kappa shape index (κ1) is 31.4. The second-order valence-electron chi connectivity index (χ2n) is 14.3. The number of H-pyrrole nitrogens is 1. The van der Waals surface area contributed by atoms with Crippen LogP contribution in [0, 0.1) is 0 Å². The van der Waals surface area contributed by atoms with Gasteiger partial charge in [-0.15, -0.1) is 0 Å². The number of imidazole rings is 1. The number of hydrogen-bond donors (Lipinski definition) is 3. The molecule has 3 N–H and O–H groups in total. The van der Waals surface area contributed by atoms with Crippen LogP contribution in [0.2, 0.25) is 0 Å². The summed E-state index contributed by atoms with van der Waals surface area (Å²) in [6, 6.07) is 15.3. The number of benzene rings is 1. The van der Waals surface area contributed by atoms with Crippen LogP contribution in [0.5, 0.6) is 0 Å². The van der Waals surface area contributed by atoms with Gasteiger partial charge in [0.1, 0.15) is 11.9 Å². The minimum absolute atomic E-state index is 0.00935. The van der Waals surface area contributed by atoms with Crippen LogP contribution < -0.4 is 21.2 Å². The lowest BCUT2D eigenvalue weighted by atomic mass is 9.95. The maximum atomic E-state index is 13.3. The zero-order chi connectivity index (χ0) is 34.9. The number of amides is 3. The van der Waals surface area contributed by atoms with E-state index in [4.69, 9.17) is 4.98 Å². The van der Waals surface area contributed by atoms with E-state index in [1.807, 2.05) is 36.5 Å². The molecule has 1 saturated carbocycles. The highest BCUT2D eigenvalue weighted by molar-refractivity contribution is 6.00. The van der Waals surface area contributed by atoms with E-state index in [0.717, 1.165) is 108 Å². The molecule has 13 heteroatoms. The highest BCUT2D eigenvalue weighted by atomic mass is 16.2. The predicted molar refractivity (Wildman–Crippen MR) is 191 cm³/mol. The molecule has 9 rings (SSSR count). The second kappa shape index (κ2) is 12.0. The Kier molecular flexibility index (Phi) is 7.42. The van der Waals surface area contributed by atoms with Crippen LogP contribution in [0.3, 0.4) is 0 Å². The van der Waals surface area contributed by atoms with Gasteiger partial charge in [0.2, 0.25) is 11.8 Å². The molecule has 1 aliphatic carbocycles. The number of piperazine rings is 1. The van der Waals surface area contributed by atoms with Crippen LogP contribution >= 0.6 is 0 Å². The van der Waals surface area contributed by atoms with E-state index in [9.17, 15) is 19.2 Å². The van der Waals surface area contributed by atoms with Crippen LogP contribution in [0.4, 0.5) is 5.82 Å². The Labute approximate surface area is 293 Å². The molecule has 0 radical (unpaired) electrons. The molecule has 1 atom stereocenters. The SMILES string of the molecule is Cn1c(=O)n(C2CCC(=O)NC2=O)c2cccc(CCN3CCN(c4ccc(-c5cc(-c6cc7c([nH]6)C6(CC6)CNC7=O)ccn5)cn4)CC3)c21. The van der Waals surface area contributed by atoms with E-state index in [-0.39, 0.29) is 29.3 Å². The zero-order valence-electron chi connectivity index (χ0n) is 28.4. The molecule has 5 aromatic rings. The smallest absolute Gasteiger partial charge is 0.329 e. The molecule has 4 aliphatic rings. The van der Waals surface area contributed by atoms with Crippen LogP contribution in [0.15, 0.2) is 65.7 Å². The molecule has 3 fully saturated rings. The highest BCUT2D eigenvalue weighted by Gasteiger charge is 2.50. The van der Waals surface area contributed by atoms with Gasteiger partial charge in [-0.05, 0) is 67.6 Å². The number of nitrogens with zero attached hydrogens (tertiary/aromatic N) is 6. The Morgan fingerprint density at radius 2 is 1.78 bits per heavy atom. The quantitative estimate of drug-likeness (QED) is 0.222. The van der Waals surface area contributed by atoms with Crippen molar-refractivity contribution in [1.82, 2.24) is 39.6 Å². The molecule has 3 amide bonds. The van der Waals surface area contributed by atoms with Crippen molar-refractivity contribution in [2.24, 2.45) is 7.05 Å². The van der Waals surface area contributed by atoms with Crippen molar-refractivity contribution in [3.05, 3.63) is 88.2 Å². The number of carbonyl (C=O) groups excluding carboxylic acids is 3. The number of carbonyl (C=O) groups is 3. The molecule has 3 aliphatic heterocycles. The van der Waals surface area contributed by atoms with Gasteiger partial charge in [-0.25, -0.2) is 9.78 Å². The second-order valence-corrected chi connectivity index (χ2v) is 14.3. The number of aryl methyl sites for hydroxylation is 1. The fraction of sp³-hybridized carbons (Fsp3) is 0.368. The molecule has 7 heterocycles. The summed E-state index contributed by atoms with van der Waals surface area (Å²) in [5.41, 5.74) is 7.95. The van der Waals surface area contributed by atoms with Gasteiger partial charge in [-0.2, -0.15) is 0 Å². The molecule has 260 valence electrons. The minimum Gasteiger partial charge on any atom is -0.357 e. The highest BCUT2D eigenvalue weighted by Crippen LogP contribution is 2.50. The van der Waals surface area contributed by atoms with Crippen molar-refractivity contribution in [2.45, 2.75) is 43.6 Å². The van der Waals surface area contributed by atoms with Gasteiger partial charge in [0.15, 0.2) is 0 Å². The Morgan fingerprint density at radius 3 is 2.55 bits per heavy atom. The summed E-state index contributed by atoms with van der Waals surface area (Å²) in [6.07, 6.45) is 7.18. The summed E-state index contributed by atoms with van der Waals surface area (Å²) in [5.74, 6) is 0.202. The maximum Gasteiger partial charge on any atom is 0.329 e. The summed E-state index contributed by atoms with van der Waals surface area (Å²) >= 11 is 0. The topological polar surface area (TPSA) is 150 Å².